The van der Waals surface area contributed by atoms with Crippen LogP contribution in [0.3, 0.4) is 0 Å². The molecule has 3 heteroatoms. The van der Waals surface area contributed by atoms with Crippen LogP contribution in [0.4, 0.5) is 4.39 Å². The van der Waals surface area contributed by atoms with E-state index in [2.05, 4.69) is 12.2 Å². The van der Waals surface area contributed by atoms with Gasteiger partial charge in [0.25, 0.3) is 0 Å². The van der Waals surface area contributed by atoms with E-state index in [4.69, 9.17) is 4.74 Å². The van der Waals surface area contributed by atoms with Gasteiger partial charge in [-0.2, -0.15) is 0 Å². The smallest absolute Gasteiger partial charge is 0.123 e. The first-order valence-corrected chi connectivity index (χ1v) is 7.36. The molecule has 1 aliphatic rings. The second-order valence-corrected chi connectivity index (χ2v) is 5.38. The fraction of sp³-hybridized carbons (Fsp3) is 0.625. The summed E-state index contributed by atoms with van der Waals surface area (Å²) < 4.78 is 18.4. The first-order chi connectivity index (χ1) is 9.29. The van der Waals surface area contributed by atoms with E-state index in [0.717, 1.165) is 32.6 Å². The number of halogens is 1. The van der Waals surface area contributed by atoms with Crippen LogP contribution in [0.25, 0.3) is 0 Å². The van der Waals surface area contributed by atoms with Crippen molar-refractivity contribution in [3.8, 4) is 0 Å². The molecule has 0 amide bonds. The van der Waals surface area contributed by atoms with Gasteiger partial charge in [0.05, 0.1) is 6.61 Å². The molecule has 1 N–H and O–H groups in total. The van der Waals surface area contributed by atoms with E-state index in [9.17, 15) is 4.39 Å². The zero-order chi connectivity index (χ0) is 13.5. The van der Waals surface area contributed by atoms with Crippen molar-refractivity contribution < 1.29 is 9.13 Å². The highest BCUT2D eigenvalue weighted by atomic mass is 19.1. The maximum absolute atomic E-state index is 13.0. The lowest BCUT2D eigenvalue weighted by molar-refractivity contribution is 0.184. The minimum atomic E-state index is -0.165. The van der Waals surface area contributed by atoms with Crippen molar-refractivity contribution in [2.24, 2.45) is 5.92 Å². The number of ether oxygens (including phenoxy) is 1. The van der Waals surface area contributed by atoms with Crippen LogP contribution in [0.15, 0.2) is 24.3 Å². The third kappa shape index (κ3) is 4.59. The van der Waals surface area contributed by atoms with Crippen molar-refractivity contribution in [2.75, 3.05) is 19.8 Å². The van der Waals surface area contributed by atoms with Crippen molar-refractivity contribution in [1.29, 1.82) is 0 Å². The largest absolute Gasteiger partial charge is 0.381 e. The summed E-state index contributed by atoms with van der Waals surface area (Å²) in [4.78, 5) is 0. The van der Waals surface area contributed by atoms with Crippen LogP contribution in [0.1, 0.15) is 44.2 Å². The molecule has 0 spiro atoms. The molecule has 0 bridgehead atoms. The van der Waals surface area contributed by atoms with Gasteiger partial charge in [0.15, 0.2) is 0 Å². The Bertz CT molecular complexity index is 360. The van der Waals surface area contributed by atoms with E-state index in [-0.39, 0.29) is 5.82 Å². The highest BCUT2D eigenvalue weighted by Crippen LogP contribution is 2.21. The molecule has 1 aliphatic heterocycles. The third-order valence-corrected chi connectivity index (χ3v) is 3.80. The number of rotatable bonds is 7. The Labute approximate surface area is 115 Å². The van der Waals surface area contributed by atoms with Gasteiger partial charge in [-0.25, -0.2) is 4.39 Å². The average molecular weight is 265 g/mol. The zero-order valence-corrected chi connectivity index (χ0v) is 11.7. The molecule has 2 atom stereocenters. The Morgan fingerprint density at radius 2 is 2.16 bits per heavy atom. The summed E-state index contributed by atoms with van der Waals surface area (Å²) in [5.41, 5.74) is 1.19. The third-order valence-electron chi connectivity index (χ3n) is 3.80. The molecule has 0 saturated carbocycles. The van der Waals surface area contributed by atoms with Crippen molar-refractivity contribution >= 4 is 0 Å². The number of hydrogen-bond acceptors (Lipinski definition) is 2. The molecular formula is C16H24FNO. The van der Waals surface area contributed by atoms with Gasteiger partial charge in [-0.3, -0.25) is 0 Å². The summed E-state index contributed by atoms with van der Waals surface area (Å²) in [6.07, 6.45) is 4.63. The normalized spacial score (nSPS) is 20.6. The van der Waals surface area contributed by atoms with Gasteiger partial charge in [-0.05, 0) is 36.5 Å². The quantitative estimate of drug-likeness (QED) is 0.812. The van der Waals surface area contributed by atoms with Crippen LogP contribution >= 0.6 is 0 Å². The van der Waals surface area contributed by atoms with E-state index in [0.29, 0.717) is 12.0 Å². The Morgan fingerprint density at radius 3 is 2.79 bits per heavy atom. The van der Waals surface area contributed by atoms with Gasteiger partial charge in [0.1, 0.15) is 5.82 Å². The molecule has 106 valence electrons. The van der Waals surface area contributed by atoms with E-state index < -0.39 is 0 Å². The molecule has 1 saturated heterocycles. The minimum absolute atomic E-state index is 0.165. The molecule has 0 aliphatic carbocycles. The van der Waals surface area contributed by atoms with Crippen LogP contribution in [0.5, 0.6) is 0 Å². The van der Waals surface area contributed by atoms with Crippen molar-refractivity contribution in [2.45, 2.75) is 38.6 Å². The predicted octanol–water partition coefficient (Wildman–Crippen LogP) is 3.68. The molecule has 2 unspecified atom stereocenters. The molecule has 2 nitrogen and oxygen atoms in total. The summed E-state index contributed by atoms with van der Waals surface area (Å²) in [7, 11) is 0. The number of hydrogen-bond donors (Lipinski definition) is 1. The monoisotopic (exact) mass is 265 g/mol. The van der Waals surface area contributed by atoms with Crippen LogP contribution in [0.2, 0.25) is 0 Å². The standard InChI is InChI=1S/C16H24FNO/c1-2-3-4-16(14-5-7-15(17)8-6-14)18-11-13-9-10-19-12-13/h5-8,13,16,18H,2-4,9-12H2,1H3. The molecule has 0 radical (unpaired) electrons. The van der Waals surface area contributed by atoms with Crippen molar-refractivity contribution in [3.05, 3.63) is 35.6 Å². The Kier molecular flexibility index (Phi) is 5.80. The van der Waals surface area contributed by atoms with Gasteiger partial charge >= 0.3 is 0 Å². The number of nitrogens with one attached hydrogen (secondary N) is 1. The number of benzene rings is 1. The molecule has 1 heterocycles. The number of unbranched alkanes of at least 4 members (excludes halogenated alkanes) is 1. The first kappa shape index (κ1) is 14.5. The van der Waals surface area contributed by atoms with Crippen LogP contribution in [-0.2, 0) is 4.74 Å². The molecule has 1 aromatic carbocycles. The summed E-state index contributed by atoms with van der Waals surface area (Å²) in [6, 6.07) is 7.23. The molecular weight excluding hydrogens is 241 g/mol. The van der Waals surface area contributed by atoms with Crippen LogP contribution in [-0.4, -0.2) is 19.8 Å². The summed E-state index contributed by atoms with van der Waals surface area (Å²) in [5, 5.41) is 3.63. The fourth-order valence-corrected chi connectivity index (χ4v) is 2.54. The lowest BCUT2D eigenvalue weighted by atomic mass is 10.00. The lowest BCUT2D eigenvalue weighted by Gasteiger charge is -2.21. The highest BCUT2D eigenvalue weighted by molar-refractivity contribution is 5.19. The van der Waals surface area contributed by atoms with Gasteiger partial charge in [0.2, 0.25) is 0 Å². The SMILES string of the molecule is CCCCC(NCC1CCOC1)c1ccc(F)cc1. The zero-order valence-electron chi connectivity index (χ0n) is 11.7. The van der Waals surface area contributed by atoms with Crippen molar-refractivity contribution in [3.63, 3.8) is 0 Å². The summed E-state index contributed by atoms with van der Waals surface area (Å²) in [5.74, 6) is 0.465. The van der Waals surface area contributed by atoms with Gasteiger partial charge in [0, 0.05) is 19.2 Å². The second-order valence-electron chi connectivity index (χ2n) is 5.38. The molecule has 1 fully saturated rings. The Hall–Kier alpha value is -0.930. The molecule has 19 heavy (non-hydrogen) atoms. The van der Waals surface area contributed by atoms with Gasteiger partial charge < -0.3 is 10.1 Å². The molecule has 2 rings (SSSR count). The van der Waals surface area contributed by atoms with E-state index in [1.807, 2.05) is 12.1 Å². The van der Waals surface area contributed by atoms with E-state index >= 15 is 0 Å². The summed E-state index contributed by atoms with van der Waals surface area (Å²) >= 11 is 0. The summed E-state index contributed by atoms with van der Waals surface area (Å²) in [6.45, 7) is 4.96. The topological polar surface area (TPSA) is 21.3 Å². The van der Waals surface area contributed by atoms with Crippen LogP contribution in [0, 0.1) is 11.7 Å². The predicted molar refractivity (Wildman–Crippen MR) is 75.6 cm³/mol. The first-order valence-electron chi connectivity index (χ1n) is 7.36. The van der Waals surface area contributed by atoms with Crippen molar-refractivity contribution in [1.82, 2.24) is 5.32 Å². The van der Waals surface area contributed by atoms with Gasteiger partial charge in [-0.1, -0.05) is 31.9 Å². The average Bonchev–Trinajstić information content (AvgIpc) is 2.93. The Morgan fingerprint density at radius 1 is 1.37 bits per heavy atom. The van der Waals surface area contributed by atoms with E-state index in [1.54, 1.807) is 12.1 Å². The minimum Gasteiger partial charge on any atom is -0.381 e. The van der Waals surface area contributed by atoms with Crippen LogP contribution < -0.4 is 5.32 Å². The lowest BCUT2D eigenvalue weighted by Crippen LogP contribution is -2.27. The fourth-order valence-electron chi connectivity index (χ4n) is 2.54. The highest BCUT2D eigenvalue weighted by Gasteiger charge is 2.18. The second kappa shape index (κ2) is 7.61. The maximum Gasteiger partial charge on any atom is 0.123 e. The maximum atomic E-state index is 13.0. The molecule has 0 aromatic heterocycles. The van der Waals surface area contributed by atoms with Gasteiger partial charge in [-0.15, -0.1) is 0 Å². The van der Waals surface area contributed by atoms with E-state index in [1.165, 1.54) is 18.4 Å². The molecule has 1 aromatic rings. The Balaban J connectivity index is 1.91.